The third kappa shape index (κ3) is 1.32. The van der Waals surface area contributed by atoms with Gasteiger partial charge in [-0.25, -0.2) is 0 Å². The number of hydrogen-bond acceptors (Lipinski definition) is 1. The van der Waals surface area contributed by atoms with E-state index in [0.29, 0.717) is 0 Å². The highest BCUT2D eigenvalue weighted by Gasteiger charge is 2.54. The number of benzene rings is 2. The van der Waals surface area contributed by atoms with E-state index in [0.717, 1.165) is 19.4 Å². The normalized spacial score (nSPS) is 29.9. The second-order valence-corrected chi connectivity index (χ2v) is 6.65. The molecule has 0 saturated carbocycles. The molecule has 0 unspecified atom stereocenters. The molecule has 0 aliphatic heterocycles. The van der Waals surface area contributed by atoms with Gasteiger partial charge in [0.05, 0.1) is 4.87 Å². The Labute approximate surface area is 125 Å². The molecule has 0 saturated heterocycles. The summed E-state index contributed by atoms with van der Waals surface area (Å²) in [5.41, 5.74) is 5.52. The Kier molecular flexibility index (Phi) is 2.55. The van der Waals surface area contributed by atoms with E-state index < -0.39 is 0 Å². The van der Waals surface area contributed by atoms with Crippen LogP contribution in [0.25, 0.3) is 0 Å². The highest BCUT2D eigenvalue weighted by molar-refractivity contribution is 6.27. The van der Waals surface area contributed by atoms with Gasteiger partial charge in [-0.05, 0) is 42.1 Å². The first kappa shape index (κ1) is 12.4. The van der Waals surface area contributed by atoms with Crippen molar-refractivity contribution in [2.24, 2.45) is 0 Å². The van der Waals surface area contributed by atoms with Gasteiger partial charge in [-0.1, -0.05) is 48.5 Å². The number of halogens is 1. The zero-order valence-electron chi connectivity index (χ0n) is 11.6. The van der Waals surface area contributed by atoms with Crippen LogP contribution >= 0.6 is 11.6 Å². The summed E-state index contributed by atoms with van der Waals surface area (Å²) in [5.74, 6) is 0. The lowest BCUT2D eigenvalue weighted by atomic mass is 9.55. The van der Waals surface area contributed by atoms with E-state index in [1.807, 2.05) is 7.05 Å². The van der Waals surface area contributed by atoms with Crippen LogP contribution in [-0.2, 0) is 10.3 Å². The van der Waals surface area contributed by atoms with E-state index in [4.69, 9.17) is 11.6 Å². The summed E-state index contributed by atoms with van der Waals surface area (Å²) in [6, 6.07) is 17.4. The summed E-state index contributed by atoms with van der Waals surface area (Å²) >= 11 is 7.10. The molecule has 0 fully saturated rings. The van der Waals surface area contributed by atoms with Crippen LogP contribution in [0.3, 0.4) is 0 Å². The smallest absolute Gasteiger partial charge is 0.0950 e. The van der Waals surface area contributed by atoms with Gasteiger partial charge in [-0.3, -0.25) is 0 Å². The molecule has 0 radical (unpaired) electrons. The molecule has 1 nitrogen and oxygen atoms in total. The van der Waals surface area contributed by atoms with Crippen LogP contribution in [-0.4, -0.2) is 13.6 Å². The van der Waals surface area contributed by atoms with Crippen molar-refractivity contribution in [2.75, 3.05) is 13.6 Å². The van der Waals surface area contributed by atoms with Crippen LogP contribution in [0.15, 0.2) is 48.5 Å². The number of alkyl halides is 1. The SMILES string of the molecule is CNCC12CCC(Cl)(c3ccccc31)c1ccccc12. The second-order valence-electron chi connectivity index (χ2n) is 6.00. The Morgan fingerprint density at radius 2 is 1.40 bits per heavy atom. The molecule has 3 aliphatic carbocycles. The summed E-state index contributed by atoms with van der Waals surface area (Å²) in [5, 5.41) is 3.41. The van der Waals surface area contributed by atoms with Gasteiger partial charge < -0.3 is 5.32 Å². The first-order chi connectivity index (χ1) is 9.72. The Balaban J connectivity index is 2.10. The van der Waals surface area contributed by atoms with Crippen molar-refractivity contribution in [1.29, 1.82) is 0 Å². The second kappa shape index (κ2) is 4.09. The van der Waals surface area contributed by atoms with Gasteiger partial charge in [0.15, 0.2) is 0 Å². The molecule has 0 heterocycles. The van der Waals surface area contributed by atoms with Gasteiger partial charge in [0.1, 0.15) is 0 Å². The Morgan fingerprint density at radius 1 is 0.900 bits per heavy atom. The third-order valence-electron chi connectivity index (χ3n) is 5.11. The first-order valence-electron chi connectivity index (χ1n) is 7.26. The Hall–Kier alpha value is -1.31. The topological polar surface area (TPSA) is 12.0 Å². The van der Waals surface area contributed by atoms with E-state index in [-0.39, 0.29) is 10.3 Å². The van der Waals surface area contributed by atoms with E-state index in [1.165, 1.54) is 22.3 Å². The lowest BCUT2D eigenvalue weighted by Gasteiger charge is -2.53. The van der Waals surface area contributed by atoms with Crippen LogP contribution in [0.4, 0.5) is 0 Å². The molecule has 2 bridgehead atoms. The predicted octanol–water partition coefficient (Wildman–Crippen LogP) is 3.78. The number of rotatable bonds is 2. The molecule has 20 heavy (non-hydrogen) atoms. The zero-order valence-corrected chi connectivity index (χ0v) is 12.4. The molecule has 0 spiro atoms. The van der Waals surface area contributed by atoms with E-state index in [2.05, 4.69) is 53.8 Å². The van der Waals surface area contributed by atoms with Crippen molar-refractivity contribution in [3.05, 3.63) is 70.8 Å². The number of likely N-dealkylation sites (N-methyl/N-ethyl adjacent to an activating group) is 1. The maximum Gasteiger partial charge on any atom is 0.0950 e. The Morgan fingerprint density at radius 3 is 1.90 bits per heavy atom. The molecule has 2 heteroatoms. The van der Waals surface area contributed by atoms with Crippen LogP contribution in [0.1, 0.15) is 35.1 Å². The molecule has 3 aliphatic rings. The zero-order chi connectivity index (χ0) is 13.8. The fourth-order valence-corrected chi connectivity index (χ4v) is 4.71. The van der Waals surface area contributed by atoms with Crippen molar-refractivity contribution >= 4 is 11.6 Å². The maximum atomic E-state index is 7.10. The molecule has 0 amide bonds. The quantitative estimate of drug-likeness (QED) is 0.827. The van der Waals surface area contributed by atoms with E-state index >= 15 is 0 Å². The van der Waals surface area contributed by atoms with Crippen molar-refractivity contribution in [2.45, 2.75) is 23.1 Å². The van der Waals surface area contributed by atoms with E-state index in [1.54, 1.807) is 0 Å². The summed E-state index contributed by atoms with van der Waals surface area (Å²) in [7, 11) is 2.04. The third-order valence-corrected chi connectivity index (χ3v) is 5.71. The largest absolute Gasteiger partial charge is 0.319 e. The molecule has 2 aromatic carbocycles. The summed E-state index contributed by atoms with van der Waals surface area (Å²) in [6.07, 6.45) is 2.13. The van der Waals surface area contributed by atoms with Gasteiger partial charge in [-0.2, -0.15) is 0 Å². The van der Waals surface area contributed by atoms with Gasteiger partial charge in [0.25, 0.3) is 0 Å². The maximum absolute atomic E-state index is 7.10. The molecular formula is C18H18ClN. The van der Waals surface area contributed by atoms with Crippen LogP contribution in [0, 0.1) is 0 Å². The molecule has 0 atom stereocenters. The minimum Gasteiger partial charge on any atom is -0.319 e. The molecular weight excluding hydrogens is 266 g/mol. The van der Waals surface area contributed by atoms with Crippen molar-refractivity contribution in [3.8, 4) is 0 Å². The molecule has 1 N–H and O–H groups in total. The molecule has 5 rings (SSSR count). The van der Waals surface area contributed by atoms with E-state index in [9.17, 15) is 0 Å². The van der Waals surface area contributed by atoms with Crippen molar-refractivity contribution < 1.29 is 0 Å². The molecule has 2 aromatic rings. The highest BCUT2D eigenvalue weighted by atomic mass is 35.5. The van der Waals surface area contributed by atoms with Crippen molar-refractivity contribution in [1.82, 2.24) is 5.32 Å². The molecule has 102 valence electrons. The lowest BCUT2D eigenvalue weighted by molar-refractivity contribution is 0.342. The summed E-state index contributed by atoms with van der Waals surface area (Å²) in [6.45, 7) is 0.966. The fourth-order valence-electron chi connectivity index (χ4n) is 4.29. The van der Waals surface area contributed by atoms with Gasteiger partial charge in [0, 0.05) is 12.0 Å². The predicted molar refractivity (Wildman–Crippen MR) is 83.5 cm³/mol. The minimum absolute atomic E-state index is 0.0819. The molecule has 0 aromatic heterocycles. The number of hydrogen-bond donors (Lipinski definition) is 1. The standard InChI is InChI=1S/C18H18ClN/c1-20-12-17-10-11-18(19,15-8-4-2-6-13(15)17)16-9-5-3-7-14(16)17/h2-9,20H,10-12H2,1H3. The lowest BCUT2D eigenvalue weighted by Crippen LogP contribution is -2.50. The first-order valence-corrected chi connectivity index (χ1v) is 7.64. The Bertz CT molecular complexity index is 629. The average Bonchev–Trinajstić information content (AvgIpc) is 2.50. The van der Waals surface area contributed by atoms with Crippen LogP contribution in [0.2, 0.25) is 0 Å². The average molecular weight is 284 g/mol. The summed E-state index contributed by atoms with van der Waals surface area (Å²) < 4.78 is 0. The van der Waals surface area contributed by atoms with Crippen molar-refractivity contribution in [3.63, 3.8) is 0 Å². The number of nitrogens with one attached hydrogen (secondary N) is 1. The van der Waals surface area contributed by atoms with Crippen LogP contribution < -0.4 is 5.32 Å². The van der Waals surface area contributed by atoms with Gasteiger partial charge in [-0.15, -0.1) is 11.6 Å². The van der Waals surface area contributed by atoms with Crippen LogP contribution in [0.5, 0.6) is 0 Å². The van der Waals surface area contributed by atoms with Gasteiger partial charge >= 0.3 is 0 Å². The fraction of sp³-hybridized carbons (Fsp3) is 0.333. The van der Waals surface area contributed by atoms with Gasteiger partial charge in [0.2, 0.25) is 0 Å². The number of fused-ring (bicyclic) bond motifs is 1. The summed E-state index contributed by atoms with van der Waals surface area (Å²) in [4.78, 5) is -0.331. The highest BCUT2D eigenvalue weighted by Crippen LogP contribution is 2.60. The monoisotopic (exact) mass is 283 g/mol. The minimum atomic E-state index is -0.331.